The fourth-order valence-corrected chi connectivity index (χ4v) is 2.37. The topological polar surface area (TPSA) is 58.1 Å². The van der Waals surface area contributed by atoms with Crippen molar-refractivity contribution in [2.45, 2.75) is 26.8 Å². The molecule has 1 aliphatic heterocycles. The van der Waals surface area contributed by atoms with Crippen LogP contribution < -0.4 is 10.6 Å². The van der Waals surface area contributed by atoms with Crippen LogP contribution in [-0.4, -0.2) is 76.6 Å². The van der Waals surface area contributed by atoms with Gasteiger partial charge in [0.15, 0.2) is 5.96 Å². The number of hydrogen-bond acceptors (Lipinski definition) is 4. The van der Waals surface area contributed by atoms with Gasteiger partial charge in [-0.2, -0.15) is 0 Å². The molecule has 0 amide bonds. The summed E-state index contributed by atoms with van der Waals surface area (Å²) in [5.41, 5.74) is 0. The Kier molecular flexibility index (Phi) is 9.37. The molecule has 6 nitrogen and oxygen atoms in total. The molecular formula is C15H32N4O2. The molecule has 0 aromatic heterocycles. The normalized spacial score (nSPS) is 20.1. The highest BCUT2D eigenvalue weighted by molar-refractivity contribution is 5.80. The van der Waals surface area contributed by atoms with E-state index in [0.717, 1.165) is 51.9 Å². The Morgan fingerprint density at radius 2 is 2.05 bits per heavy atom. The van der Waals surface area contributed by atoms with E-state index < -0.39 is 0 Å². The predicted molar refractivity (Wildman–Crippen MR) is 86.9 cm³/mol. The van der Waals surface area contributed by atoms with E-state index in [0.29, 0.717) is 12.5 Å². The number of nitrogens with one attached hydrogen (secondary N) is 2. The van der Waals surface area contributed by atoms with Gasteiger partial charge < -0.3 is 20.1 Å². The Morgan fingerprint density at radius 1 is 1.33 bits per heavy atom. The summed E-state index contributed by atoms with van der Waals surface area (Å²) in [7, 11) is 1.71. The SMILES string of the molecule is CCNC(=NCC(C)CN1CCOCC1)NC(C)COC. The number of rotatable bonds is 8. The van der Waals surface area contributed by atoms with Crippen LogP contribution in [0.3, 0.4) is 0 Å². The Labute approximate surface area is 129 Å². The van der Waals surface area contributed by atoms with Gasteiger partial charge in [-0.05, 0) is 19.8 Å². The summed E-state index contributed by atoms with van der Waals surface area (Å²) in [5, 5.41) is 6.64. The molecule has 0 bridgehead atoms. The third-order valence-corrected chi connectivity index (χ3v) is 3.38. The van der Waals surface area contributed by atoms with Crippen LogP contribution in [0.4, 0.5) is 0 Å². The van der Waals surface area contributed by atoms with Gasteiger partial charge in [0, 0.05) is 45.9 Å². The molecule has 0 saturated carbocycles. The van der Waals surface area contributed by atoms with Crippen LogP contribution in [-0.2, 0) is 9.47 Å². The Balaban J connectivity index is 2.36. The van der Waals surface area contributed by atoms with Crippen LogP contribution in [0.15, 0.2) is 4.99 Å². The zero-order valence-corrected chi connectivity index (χ0v) is 14.0. The Morgan fingerprint density at radius 3 is 2.67 bits per heavy atom. The molecule has 0 spiro atoms. The lowest BCUT2D eigenvalue weighted by Gasteiger charge is -2.28. The lowest BCUT2D eigenvalue weighted by Crippen LogP contribution is -2.44. The number of ether oxygens (including phenoxy) is 2. The van der Waals surface area contributed by atoms with Crippen molar-refractivity contribution in [1.82, 2.24) is 15.5 Å². The van der Waals surface area contributed by atoms with E-state index >= 15 is 0 Å². The van der Waals surface area contributed by atoms with Gasteiger partial charge in [0.25, 0.3) is 0 Å². The fourth-order valence-electron chi connectivity index (χ4n) is 2.37. The van der Waals surface area contributed by atoms with Gasteiger partial charge in [0.1, 0.15) is 0 Å². The lowest BCUT2D eigenvalue weighted by atomic mass is 10.1. The van der Waals surface area contributed by atoms with Crippen molar-refractivity contribution in [2.24, 2.45) is 10.9 Å². The molecule has 6 heteroatoms. The van der Waals surface area contributed by atoms with Crippen LogP contribution in [0.1, 0.15) is 20.8 Å². The highest BCUT2D eigenvalue weighted by Gasteiger charge is 2.13. The molecular weight excluding hydrogens is 268 g/mol. The maximum atomic E-state index is 5.38. The van der Waals surface area contributed by atoms with Crippen LogP contribution in [0.25, 0.3) is 0 Å². The maximum Gasteiger partial charge on any atom is 0.191 e. The maximum absolute atomic E-state index is 5.38. The van der Waals surface area contributed by atoms with Gasteiger partial charge in [-0.1, -0.05) is 6.92 Å². The molecule has 1 aliphatic rings. The molecule has 1 heterocycles. The Bertz CT molecular complexity index is 293. The van der Waals surface area contributed by atoms with E-state index in [2.05, 4.69) is 41.3 Å². The monoisotopic (exact) mass is 300 g/mol. The minimum atomic E-state index is 0.252. The summed E-state index contributed by atoms with van der Waals surface area (Å²) >= 11 is 0. The Hall–Kier alpha value is -0.850. The molecule has 21 heavy (non-hydrogen) atoms. The standard InChI is InChI=1S/C15H32N4O2/c1-5-16-15(18-14(3)12-20-4)17-10-13(2)11-19-6-8-21-9-7-19/h13-14H,5-12H2,1-4H3,(H2,16,17,18). The number of morpholine rings is 1. The van der Waals surface area contributed by atoms with Crippen LogP contribution >= 0.6 is 0 Å². The number of nitrogens with zero attached hydrogens (tertiary/aromatic N) is 2. The van der Waals surface area contributed by atoms with Crippen molar-refractivity contribution in [1.29, 1.82) is 0 Å². The van der Waals surface area contributed by atoms with Gasteiger partial charge in [-0.15, -0.1) is 0 Å². The quantitative estimate of drug-likeness (QED) is 0.506. The molecule has 2 atom stereocenters. The highest BCUT2D eigenvalue weighted by atomic mass is 16.5. The molecule has 124 valence electrons. The average molecular weight is 300 g/mol. The van der Waals surface area contributed by atoms with Crippen molar-refractivity contribution >= 4 is 5.96 Å². The van der Waals surface area contributed by atoms with Crippen LogP contribution in [0.2, 0.25) is 0 Å². The predicted octanol–water partition coefficient (Wildman–Crippen LogP) is 0.545. The molecule has 2 unspecified atom stereocenters. The van der Waals surface area contributed by atoms with E-state index in [4.69, 9.17) is 9.47 Å². The summed E-state index contributed by atoms with van der Waals surface area (Å²) in [6.45, 7) is 13.7. The molecule has 0 radical (unpaired) electrons. The van der Waals surface area contributed by atoms with Crippen molar-refractivity contribution in [2.75, 3.05) is 59.7 Å². The van der Waals surface area contributed by atoms with E-state index in [1.807, 2.05) is 0 Å². The fraction of sp³-hybridized carbons (Fsp3) is 0.933. The summed E-state index contributed by atoms with van der Waals surface area (Å²) < 4.78 is 10.5. The largest absolute Gasteiger partial charge is 0.383 e. The highest BCUT2D eigenvalue weighted by Crippen LogP contribution is 2.03. The van der Waals surface area contributed by atoms with E-state index in [-0.39, 0.29) is 6.04 Å². The summed E-state index contributed by atoms with van der Waals surface area (Å²) in [6, 6.07) is 0.252. The molecule has 1 saturated heterocycles. The third kappa shape index (κ3) is 8.24. The van der Waals surface area contributed by atoms with Crippen molar-refractivity contribution < 1.29 is 9.47 Å². The van der Waals surface area contributed by atoms with Gasteiger partial charge >= 0.3 is 0 Å². The summed E-state index contributed by atoms with van der Waals surface area (Å²) in [6.07, 6.45) is 0. The van der Waals surface area contributed by atoms with Crippen LogP contribution in [0.5, 0.6) is 0 Å². The van der Waals surface area contributed by atoms with Crippen molar-refractivity contribution in [3.05, 3.63) is 0 Å². The molecule has 0 aliphatic carbocycles. The molecule has 0 aromatic carbocycles. The van der Waals surface area contributed by atoms with Gasteiger partial charge in [-0.3, -0.25) is 9.89 Å². The first-order chi connectivity index (χ1) is 10.2. The molecule has 1 fully saturated rings. The second-order valence-corrected chi connectivity index (χ2v) is 5.74. The second-order valence-electron chi connectivity index (χ2n) is 5.74. The summed E-state index contributed by atoms with van der Waals surface area (Å²) in [5.74, 6) is 1.41. The summed E-state index contributed by atoms with van der Waals surface area (Å²) in [4.78, 5) is 7.14. The zero-order chi connectivity index (χ0) is 15.5. The molecule has 2 N–H and O–H groups in total. The second kappa shape index (κ2) is 10.8. The first kappa shape index (κ1) is 18.2. The minimum absolute atomic E-state index is 0.252. The average Bonchev–Trinajstić information content (AvgIpc) is 2.46. The molecule has 0 aromatic rings. The zero-order valence-electron chi connectivity index (χ0n) is 14.0. The van der Waals surface area contributed by atoms with Gasteiger partial charge in [-0.25, -0.2) is 0 Å². The molecule has 1 rings (SSSR count). The van der Waals surface area contributed by atoms with Crippen LogP contribution in [0, 0.1) is 5.92 Å². The third-order valence-electron chi connectivity index (χ3n) is 3.38. The minimum Gasteiger partial charge on any atom is -0.383 e. The first-order valence-electron chi connectivity index (χ1n) is 7.99. The number of methoxy groups -OCH3 is 1. The number of guanidine groups is 1. The smallest absolute Gasteiger partial charge is 0.191 e. The van der Waals surface area contributed by atoms with E-state index in [1.165, 1.54) is 0 Å². The van der Waals surface area contributed by atoms with Crippen molar-refractivity contribution in [3.8, 4) is 0 Å². The van der Waals surface area contributed by atoms with E-state index in [1.54, 1.807) is 7.11 Å². The lowest BCUT2D eigenvalue weighted by molar-refractivity contribution is 0.0323. The van der Waals surface area contributed by atoms with E-state index in [9.17, 15) is 0 Å². The van der Waals surface area contributed by atoms with Gasteiger partial charge in [0.2, 0.25) is 0 Å². The first-order valence-corrected chi connectivity index (χ1v) is 7.99. The van der Waals surface area contributed by atoms with Gasteiger partial charge in [0.05, 0.1) is 19.8 Å². The number of aliphatic imine (C=N–C) groups is 1. The van der Waals surface area contributed by atoms with Crippen molar-refractivity contribution in [3.63, 3.8) is 0 Å². The number of hydrogen-bond donors (Lipinski definition) is 2.